The summed E-state index contributed by atoms with van der Waals surface area (Å²) in [6.45, 7) is 4.15. The highest BCUT2D eigenvalue weighted by Gasteiger charge is 1.99. The largest absolute Gasteiger partial charge is 0.326 e. The van der Waals surface area contributed by atoms with Crippen LogP contribution in [-0.2, 0) is 6.54 Å². The van der Waals surface area contributed by atoms with Crippen molar-refractivity contribution in [2.75, 3.05) is 0 Å². The highest BCUT2D eigenvalue weighted by atomic mass is 16.1. The lowest BCUT2D eigenvalue weighted by Gasteiger charge is -2.06. The van der Waals surface area contributed by atoms with Crippen LogP contribution in [0.5, 0.6) is 0 Å². The maximum absolute atomic E-state index is 11.2. The van der Waals surface area contributed by atoms with Gasteiger partial charge in [0.1, 0.15) is 0 Å². The normalized spacial score (nSPS) is 12.9. The molecule has 0 aliphatic heterocycles. The summed E-state index contributed by atoms with van der Waals surface area (Å²) in [5.74, 6) is 0. The van der Waals surface area contributed by atoms with Gasteiger partial charge < -0.3 is 5.73 Å². The van der Waals surface area contributed by atoms with Crippen molar-refractivity contribution in [1.29, 1.82) is 0 Å². The Labute approximate surface area is 71.0 Å². The Balaban J connectivity index is 2.94. The molecule has 4 nitrogen and oxygen atoms in total. The Morgan fingerprint density at radius 1 is 1.75 bits per heavy atom. The minimum atomic E-state index is -0.0905. The number of hydrogen-bond acceptors (Lipinski definition) is 3. The molecule has 66 valence electrons. The molecule has 4 heteroatoms. The molecule has 0 amide bonds. The summed E-state index contributed by atoms with van der Waals surface area (Å²) in [6.07, 6.45) is 1.66. The van der Waals surface area contributed by atoms with Gasteiger partial charge in [0.15, 0.2) is 0 Å². The molecule has 12 heavy (non-hydrogen) atoms. The van der Waals surface area contributed by atoms with Crippen LogP contribution in [0.1, 0.15) is 12.5 Å². The molecule has 1 atom stereocenters. The fourth-order valence-electron chi connectivity index (χ4n) is 0.934. The van der Waals surface area contributed by atoms with E-state index in [2.05, 4.69) is 5.10 Å². The summed E-state index contributed by atoms with van der Waals surface area (Å²) >= 11 is 0. The second-order valence-corrected chi connectivity index (χ2v) is 3.03. The minimum absolute atomic E-state index is 0.0436. The first-order valence-corrected chi connectivity index (χ1v) is 3.89. The van der Waals surface area contributed by atoms with E-state index in [1.165, 1.54) is 4.68 Å². The lowest BCUT2D eigenvalue weighted by Crippen LogP contribution is -2.31. The Bertz CT molecular complexity index is 316. The first-order valence-electron chi connectivity index (χ1n) is 3.89. The van der Waals surface area contributed by atoms with Crippen LogP contribution in [-0.4, -0.2) is 15.8 Å². The number of aryl methyl sites for hydroxylation is 1. The van der Waals surface area contributed by atoms with Crippen LogP contribution in [0.25, 0.3) is 0 Å². The van der Waals surface area contributed by atoms with Crippen LogP contribution in [0.4, 0.5) is 0 Å². The van der Waals surface area contributed by atoms with Crippen molar-refractivity contribution in [1.82, 2.24) is 9.78 Å². The SMILES string of the molecule is Cc1cnn(C[C@H](C)N)c(=O)c1. The monoisotopic (exact) mass is 167 g/mol. The van der Waals surface area contributed by atoms with E-state index in [1.54, 1.807) is 12.3 Å². The van der Waals surface area contributed by atoms with E-state index in [0.717, 1.165) is 5.56 Å². The van der Waals surface area contributed by atoms with Gasteiger partial charge in [-0.15, -0.1) is 0 Å². The second-order valence-electron chi connectivity index (χ2n) is 3.03. The summed E-state index contributed by atoms with van der Waals surface area (Å²) in [4.78, 5) is 11.2. The summed E-state index contributed by atoms with van der Waals surface area (Å²) < 4.78 is 1.37. The molecular formula is C8H13N3O. The van der Waals surface area contributed by atoms with Crippen molar-refractivity contribution in [3.05, 3.63) is 28.2 Å². The van der Waals surface area contributed by atoms with Crippen molar-refractivity contribution in [3.63, 3.8) is 0 Å². The molecule has 0 aromatic carbocycles. The van der Waals surface area contributed by atoms with E-state index in [1.807, 2.05) is 13.8 Å². The third-order valence-electron chi connectivity index (χ3n) is 1.47. The maximum atomic E-state index is 11.2. The van der Waals surface area contributed by atoms with E-state index >= 15 is 0 Å². The second kappa shape index (κ2) is 3.49. The Hall–Kier alpha value is -1.16. The third kappa shape index (κ3) is 2.17. The van der Waals surface area contributed by atoms with Crippen molar-refractivity contribution >= 4 is 0 Å². The third-order valence-corrected chi connectivity index (χ3v) is 1.47. The first-order chi connectivity index (χ1) is 5.59. The molecule has 2 N–H and O–H groups in total. The lowest BCUT2D eigenvalue weighted by molar-refractivity contribution is 0.512. The Kier molecular flexibility index (Phi) is 2.60. The van der Waals surface area contributed by atoms with Crippen LogP contribution in [0.3, 0.4) is 0 Å². The van der Waals surface area contributed by atoms with Gasteiger partial charge in [-0.25, -0.2) is 4.68 Å². The summed E-state index contributed by atoms with van der Waals surface area (Å²) in [5.41, 5.74) is 6.32. The molecule has 0 saturated carbocycles. The van der Waals surface area contributed by atoms with Gasteiger partial charge >= 0.3 is 0 Å². The molecule has 0 fully saturated rings. The van der Waals surface area contributed by atoms with E-state index < -0.39 is 0 Å². The molecule has 1 heterocycles. The Morgan fingerprint density at radius 3 is 2.92 bits per heavy atom. The fraction of sp³-hybridized carbons (Fsp3) is 0.500. The average Bonchev–Trinajstić information content (AvgIpc) is 1.94. The van der Waals surface area contributed by atoms with Crippen molar-refractivity contribution < 1.29 is 0 Å². The molecule has 0 radical (unpaired) electrons. The van der Waals surface area contributed by atoms with Gasteiger partial charge in [0.2, 0.25) is 0 Å². The summed E-state index contributed by atoms with van der Waals surface area (Å²) in [7, 11) is 0. The zero-order valence-corrected chi connectivity index (χ0v) is 7.32. The maximum Gasteiger partial charge on any atom is 0.267 e. The van der Waals surface area contributed by atoms with E-state index in [-0.39, 0.29) is 11.6 Å². The van der Waals surface area contributed by atoms with Crippen LogP contribution in [0.2, 0.25) is 0 Å². The molecule has 0 aliphatic carbocycles. The van der Waals surface area contributed by atoms with Crippen molar-refractivity contribution in [3.8, 4) is 0 Å². The van der Waals surface area contributed by atoms with E-state index in [0.29, 0.717) is 6.54 Å². The van der Waals surface area contributed by atoms with Gasteiger partial charge in [0.05, 0.1) is 12.7 Å². The molecule has 0 unspecified atom stereocenters. The van der Waals surface area contributed by atoms with Gasteiger partial charge in [-0.3, -0.25) is 4.79 Å². The number of aromatic nitrogens is 2. The predicted octanol–water partition coefficient (Wildman–Crippen LogP) is -0.101. The first kappa shape index (κ1) is 8.93. The lowest BCUT2D eigenvalue weighted by atomic mass is 10.3. The zero-order chi connectivity index (χ0) is 9.14. The number of nitrogens with two attached hydrogens (primary N) is 1. The van der Waals surface area contributed by atoms with Crippen LogP contribution >= 0.6 is 0 Å². The van der Waals surface area contributed by atoms with Crippen molar-refractivity contribution in [2.24, 2.45) is 5.73 Å². The van der Waals surface area contributed by atoms with Gasteiger partial charge in [-0.2, -0.15) is 5.10 Å². The smallest absolute Gasteiger partial charge is 0.267 e. The highest BCUT2D eigenvalue weighted by Crippen LogP contribution is 1.87. The van der Waals surface area contributed by atoms with Crippen LogP contribution in [0.15, 0.2) is 17.1 Å². The Morgan fingerprint density at radius 2 is 2.42 bits per heavy atom. The number of hydrogen-bond donors (Lipinski definition) is 1. The number of rotatable bonds is 2. The van der Waals surface area contributed by atoms with Crippen molar-refractivity contribution in [2.45, 2.75) is 26.4 Å². The van der Waals surface area contributed by atoms with Gasteiger partial charge in [0, 0.05) is 12.1 Å². The molecule has 0 saturated heterocycles. The zero-order valence-electron chi connectivity index (χ0n) is 7.32. The summed E-state index contributed by atoms with van der Waals surface area (Å²) in [6, 6.07) is 1.51. The van der Waals surface area contributed by atoms with Crippen LogP contribution < -0.4 is 11.3 Å². The summed E-state index contributed by atoms with van der Waals surface area (Å²) in [5, 5.41) is 3.94. The minimum Gasteiger partial charge on any atom is -0.326 e. The molecule has 0 spiro atoms. The van der Waals surface area contributed by atoms with Gasteiger partial charge in [-0.1, -0.05) is 0 Å². The molecule has 1 rings (SSSR count). The molecular weight excluding hydrogens is 154 g/mol. The molecule has 1 aromatic rings. The van der Waals surface area contributed by atoms with Gasteiger partial charge in [0.25, 0.3) is 5.56 Å². The van der Waals surface area contributed by atoms with Gasteiger partial charge in [-0.05, 0) is 19.4 Å². The highest BCUT2D eigenvalue weighted by molar-refractivity contribution is 5.02. The molecule has 0 aliphatic rings. The molecule has 0 bridgehead atoms. The molecule has 1 aromatic heterocycles. The quantitative estimate of drug-likeness (QED) is 0.669. The number of nitrogens with zero attached hydrogens (tertiary/aromatic N) is 2. The standard InChI is InChI=1S/C8H13N3O/c1-6-3-8(12)11(10-4-6)5-7(2)9/h3-4,7H,5,9H2,1-2H3/t7-/m0/s1. The predicted molar refractivity (Wildman–Crippen MR) is 46.9 cm³/mol. The average molecular weight is 167 g/mol. The topological polar surface area (TPSA) is 60.9 Å². The fourth-order valence-corrected chi connectivity index (χ4v) is 0.934. The van der Waals surface area contributed by atoms with Crippen LogP contribution in [0, 0.1) is 6.92 Å². The van der Waals surface area contributed by atoms with E-state index in [9.17, 15) is 4.79 Å². The van der Waals surface area contributed by atoms with E-state index in [4.69, 9.17) is 5.73 Å².